The van der Waals surface area contributed by atoms with E-state index in [1.807, 2.05) is 14.0 Å². The van der Waals surface area contributed by atoms with Gasteiger partial charge in [-0.2, -0.15) is 0 Å². The maximum absolute atomic E-state index is 13.6. The van der Waals surface area contributed by atoms with Crippen LogP contribution in [0.3, 0.4) is 0 Å². The van der Waals surface area contributed by atoms with E-state index in [9.17, 15) is 9.59 Å². The number of Topliss-reactive ketones (excluding diaryl/α,β-unsaturated/α-hetero) is 1. The monoisotopic (exact) mass is 489 g/mol. The van der Waals surface area contributed by atoms with Crippen LogP contribution in [0.2, 0.25) is 0 Å². The lowest BCUT2D eigenvalue weighted by Gasteiger charge is -2.28. The van der Waals surface area contributed by atoms with Crippen molar-refractivity contribution in [3.8, 4) is 0 Å². The summed E-state index contributed by atoms with van der Waals surface area (Å²) in [5.74, 6) is 1.61. The Labute approximate surface area is 213 Å². The minimum atomic E-state index is -0.199. The second-order valence-electron chi connectivity index (χ2n) is 12.0. The average molecular weight is 490 g/mol. The Morgan fingerprint density at radius 1 is 1.28 bits per heavy atom. The highest BCUT2D eigenvalue weighted by Gasteiger charge is 2.36. The van der Waals surface area contributed by atoms with Crippen LogP contribution >= 0.6 is 0 Å². The number of rotatable bonds is 8. The van der Waals surface area contributed by atoms with E-state index in [-0.39, 0.29) is 23.1 Å². The van der Waals surface area contributed by atoms with E-state index in [0.717, 1.165) is 59.8 Å². The van der Waals surface area contributed by atoms with Gasteiger partial charge in [0.1, 0.15) is 11.5 Å². The molecule has 2 aromatic heterocycles. The molecule has 7 heteroatoms. The minimum Gasteiger partial charge on any atom is -0.354 e. The maximum atomic E-state index is 13.6. The van der Waals surface area contributed by atoms with Gasteiger partial charge in [0, 0.05) is 31.3 Å². The number of carbonyl (C=O) groups excluding carboxylic acids is 2. The van der Waals surface area contributed by atoms with E-state index < -0.39 is 0 Å². The molecule has 2 heterocycles. The Morgan fingerprint density at radius 3 is 2.72 bits per heavy atom. The number of aromatic nitrogens is 3. The SMILES string of the molecule is Cc1c(C(=O)NC(CCC2CC2)c2nc3c(CN(C)C)cccc3n2C)[nH]c2c1C(=O)CC(C)(C)C2. The highest BCUT2D eigenvalue weighted by molar-refractivity contribution is 6.04. The summed E-state index contributed by atoms with van der Waals surface area (Å²) in [5.41, 5.74) is 6.04. The van der Waals surface area contributed by atoms with Gasteiger partial charge >= 0.3 is 0 Å². The van der Waals surface area contributed by atoms with E-state index in [1.165, 1.54) is 18.4 Å². The molecule has 192 valence electrons. The molecule has 1 fully saturated rings. The van der Waals surface area contributed by atoms with Crippen molar-refractivity contribution in [1.82, 2.24) is 24.8 Å². The number of H-pyrrole nitrogens is 1. The Kier molecular flexibility index (Phi) is 6.31. The van der Waals surface area contributed by atoms with Crippen molar-refractivity contribution in [3.63, 3.8) is 0 Å². The molecule has 7 nitrogen and oxygen atoms in total. The zero-order valence-electron chi connectivity index (χ0n) is 22.5. The van der Waals surface area contributed by atoms with Crippen molar-refractivity contribution in [2.45, 2.75) is 71.9 Å². The Bertz CT molecular complexity index is 1330. The van der Waals surface area contributed by atoms with Crippen LogP contribution in [-0.2, 0) is 20.0 Å². The first kappa shape index (κ1) is 24.8. The van der Waals surface area contributed by atoms with E-state index in [0.29, 0.717) is 17.7 Å². The molecule has 0 spiro atoms. The summed E-state index contributed by atoms with van der Waals surface area (Å²) in [5, 5.41) is 3.31. The molecule has 36 heavy (non-hydrogen) atoms. The third-order valence-corrected chi connectivity index (χ3v) is 7.82. The molecule has 2 N–H and O–H groups in total. The van der Waals surface area contributed by atoms with Gasteiger partial charge in [-0.25, -0.2) is 4.98 Å². The molecule has 1 aromatic carbocycles. The Balaban J connectivity index is 1.48. The standard InChI is InChI=1S/C29H39N5O2/c1-17-24-21(14-29(2,3)15-23(24)35)30-25(17)28(36)31-20(13-12-18-10-11-18)27-32-26-19(16-33(4)5)8-7-9-22(26)34(27)6/h7-9,18,20,30H,10-16H2,1-6H3,(H,31,36). The van der Waals surface area contributed by atoms with Gasteiger partial charge in [-0.05, 0) is 68.8 Å². The number of imidazole rings is 1. The summed E-state index contributed by atoms with van der Waals surface area (Å²) in [6.07, 6.45) is 5.76. The Hall–Kier alpha value is -2.93. The smallest absolute Gasteiger partial charge is 0.268 e. The Morgan fingerprint density at radius 2 is 2.03 bits per heavy atom. The van der Waals surface area contributed by atoms with Gasteiger partial charge in [0.2, 0.25) is 0 Å². The first-order chi connectivity index (χ1) is 17.0. The minimum absolute atomic E-state index is 0.0980. The molecule has 0 saturated heterocycles. The molecule has 2 aliphatic carbocycles. The van der Waals surface area contributed by atoms with Crippen LogP contribution in [0.4, 0.5) is 0 Å². The third kappa shape index (κ3) is 4.73. The lowest BCUT2D eigenvalue weighted by atomic mass is 9.75. The van der Waals surface area contributed by atoms with Crippen LogP contribution in [0.25, 0.3) is 11.0 Å². The fourth-order valence-electron chi connectivity index (χ4n) is 5.84. The van der Waals surface area contributed by atoms with Crippen LogP contribution in [0.5, 0.6) is 0 Å². The molecule has 3 aromatic rings. The number of carbonyl (C=O) groups is 2. The molecule has 1 saturated carbocycles. The van der Waals surface area contributed by atoms with Gasteiger partial charge in [0.05, 0.1) is 17.1 Å². The number of nitrogens with one attached hydrogen (secondary N) is 2. The second-order valence-corrected chi connectivity index (χ2v) is 12.0. The topological polar surface area (TPSA) is 83.0 Å². The number of ketones is 1. The maximum Gasteiger partial charge on any atom is 0.268 e. The molecule has 0 aliphatic heterocycles. The molecule has 1 atom stereocenters. The largest absolute Gasteiger partial charge is 0.354 e. The third-order valence-electron chi connectivity index (χ3n) is 7.82. The summed E-state index contributed by atoms with van der Waals surface area (Å²) >= 11 is 0. The molecule has 1 amide bonds. The first-order valence-electron chi connectivity index (χ1n) is 13.2. The number of hydrogen-bond donors (Lipinski definition) is 2. The van der Waals surface area contributed by atoms with Crippen LogP contribution in [-0.4, -0.2) is 45.2 Å². The van der Waals surface area contributed by atoms with Crippen LogP contribution in [0.15, 0.2) is 18.2 Å². The summed E-state index contributed by atoms with van der Waals surface area (Å²) in [7, 11) is 6.16. The number of aryl methyl sites for hydroxylation is 1. The van der Waals surface area contributed by atoms with Crippen LogP contribution in [0, 0.1) is 18.3 Å². The van der Waals surface area contributed by atoms with E-state index in [2.05, 4.69) is 65.9 Å². The molecule has 1 unspecified atom stereocenters. The zero-order chi connectivity index (χ0) is 25.8. The molecule has 0 radical (unpaired) electrons. The van der Waals surface area contributed by atoms with Crippen LogP contribution in [0.1, 0.15) is 95.5 Å². The van der Waals surface area contributed by atoms with Gasteiger partial charge in [0.25, 0.3) is 5.91 Å². The zero-order valence-corrected chi connectivity index (χ0v) is 22.5. The highest BCUT2D eigenvalue weighted by Crippen LogP contribution is 2.38. The van der Waals surface area contributed by atoms with Crippen molar-refractivity contribution in [2.24, 2.45) is 18.4 Å². The van der Waals surface area contributed by atoms with E-state index in [4.69, 9.17) is 4.98 Å². The van der Waals surface area contributed by atoms with Gasteiger partial charge in [-0.1, -0.05) is 38.8 Å². The lowest BCUT2D eigenvalue weighted by molar-refractivity contribution is 0.0908. The van der Waals surface area contributed by atoms with Crippen molar-refractivity contribution < 1.29 is 9.59 Å². The summed E-state index contributed by atoms with van der Waals surface area (Å²) < 4.78 is 2.13. The summed E-state index contributed by atoms with van der Waals surface area (Å²) in [6, 6.07) is 6.11. The number of amides is 1. The first-order valence-corrected chi connectivity index (χ1v) is 13.2. The number of nitrogens with zero attached hydrogens (tertiary/aromatic N) is 3. The van der Waals surface area contributed by atoms with Gasteiger partial charge < -0.3 is 19.8 Å². The van der Waals surface area contributed by atoms with E-state index >= 15 is 0 Å². The van der Waals surface area contributed by atoms with E-state index in [1.54, 1.807) is 0 Å². The number of benzene rings is 1. The van der Waals surface area contributed by atoms with Crippen molar-refractivity contribution >= 4 is 22.7 Å². The molecule has 0 bridgehead atoms. The fraction of sp³-hybridized carbons (Fsp3) is 0.552. The van der Waals surface area contributed by atoms with Crippen molar-refractivity contribution in [3.05, 3.63) is 52.1 Å². The predicted octanol–water partition coefficient (Wildman–Crippen LogP) is 5.09. The number of para-hydroxylation sites is 1. The quantitative estimate of drug-likeness (QED) is 0.462. The second kappa shape index (κ2) is 9.18. The average Bonchev–Trinajstić information content (AvgIpc) is 3.47. The van der Waals surface area contributed by atoms with Crippen LogP contribution < -0.4 is 5.32 Å². The number of hydrogen-bond acceptors (Lipinski definition) is 4. The van der Waals surface area contributed by atoms with Gasteiger partial charge in [-0.15, -0.1) is 0 Å². The molecule has 2 aliphatic rings. The van der Waals surface area contributed by atoms with Gasteiger partial charge in [-0.3, -0.25) is 9.59 Å². The highest BCUT2D eigenvalue weighted by atomic mass is 16.2. The van der Waals surface area contributed by atoms with Crippen molar-refractivity contribution in [2.75, 3.05) is 14.1 Å². The van der Waals surface area contributed by atoms with Crippen molar-refractivity contribution in [1.29, 1.82) is 0 Å². The molecule has 5 rings (SSSR count). The normalized spacial score (nSPS) is 18.0. The van der Waals surface area contributed by atoms with Gasteiger partial charge in [0.15, 0.2) is 5.78 Å². The molecular weight excluding hydrogens is 450 g/mol. The number of fused-ring (bicyclic) bond motifs is 2. The summed E-state index contributed by atoms with van der Waals surface area (Å²) in [4.78, 5) is 37.1. The summed E-state index contributed by atoms with van der Waals surface area (Å²) in [6.45, 7) is 6.91. The lowest BCUT2D eigenvalue weighted by Crippen LogP contribution is -2.31. The number of aromatic amines is 1. The predicted molar refractivity (Wildman–Crippen MR) is 142 cm³/mol. The molecular formula is C29H39N5O2. The fourth-order valence-corrected chi connectivity index (χ4v) is 5.84.